The van der Waals surface area contributed by atoms with Crippen molar-refractivity contribution < 1.29 is 4.79 Å². The van der Waals surface area contributed by atoms with Crippen LogP contribution in [0.5, 0.6) is 0 Å². The second-order valence-corrected chi connectivity index (χ2v) is 5.53. The van der Waals surface area contributed by atoms with Crippen LogP contribution in [-0.2, 0) is 13.0 Å². The van der Waals surface area contributed by atoms with Gasteiger partial charge in [0.1, 0.15) is 0 Å². The number of aryl methyl sites for hydroxylation is 1. The van der Waals surface area contributed by atoms with Crippen LogP contribution >= 0.6 is 11.3 Å². The van der Waals surface area contributed by atoms with Crippen LogP contribution in [0.1, 0.15) is 26.5 Å². The van der Waals surface area contributed by atoms with Gasteiger partial charge in [-0.1, -0.05) is 6.07 Å². The third kappa shape index (κ3) is 2.46. The van der Waals surface area contributed by atoms with Crippen LogP contribution in [0, 0.1) is 6.92 Å². The molecule has 0 unspecified atom stereocenters. The molecule has 1 aromatic carbocycles. The van der Waals surface area contributed by atoms with E-state index in [0.29, 0.717) is 12.1 Å². The lowest BCUT2D eigenvalue weighted by Crippen LogP contribution is -2.22. The van der Waals surface area contributed by atoms with E-state index in [9.17, 15) is 4.79 Å². The van der Waals surface area contributed by atoms with Crippen LogP contribution in [0.4, 0.5) is 5.69 Å². The molecule has 5 heteroatoms. The summed E-state index contributed by atoms with van der Waals surface area (Å²) in [5, 5.41) is 6.22. The molecule has 1 aliphatic heterocycles. The predicted molar refractivity (Wildman–Crippen MR) is 76.7 cm³/mol. The number of benzene rings is 1. The summed E-state index contributed by atoms with van der Waals surface area (Å²) < 4.78 is 0. The maximum absolute atomic E-state index is 12.1. The fourth-order valence-corrected chi connectivity index (χ4v) is 2.91. The molecule has 0 fully saturated rings. The van der Waals surface area contributed by atoms with E-state index in [-0.39, 0.29) is 5.91 Å². The number of carbonyl (C=O) groups is 1. The summed E-state index contributed by atoms with van der Waals surface area (Å²) >= 11 is 1.57. The Kier molecular flexibility index (Phi) is 3.21. The number of amides is 1. The lowest BCUT2D eigenvalue weighted by Gasteiger charge is -2.06. The van der Waals surface area contributed by atoms with Crippen molar-refractivity contribution in [3.05, 3.63) is 45.4 Å². The van der Waals surface area contributed by atoms with E-state index >= 15 is 0 Å². The van der Waals surface area contributed by atoms with Crippen molar-refractivity contribution in [2.75, 3.05) is 11.9 Å². The molecule has 1 amide bonds. The van der Waals surface area contributed by atoms with Crippen molar-refractivity contribution in [1.82, 2.24) is 10.3 Å². The lowest BCUT2D eigenvalue weighted by molar-refractivity contribution is 0.0951. The minimum Gasteiger partial charge on any atom is -0.384 e. The monoisotopic (exact) mass is 273 g/mol. The van der Waals surface area contributed by atoms with Crippen molar-refractivity contribution >= 4 is 22.9 Å². The second kappa shape index (κ2) is 5.01. The Morgan fingerprint density at radius 2 is 2.42 bits per heavy atom. The maximum atomic E-state index is 12.1. The molecule has 0 saturated heterocycles. The highest BCUT2D eigenvalue weighted by Crippen LogP contribution is 2.23. The van der Waals surface area contributed by atoms with Crippen molar-refractivity contribution in [2.45, 2.75) is 19.9 Å². The quantitative estimate of drug-likeness (QED) is 0.902. The van der Waals surface area contributed by atoms with Crippen molar-refractivity contribution in [3.63, 3.8) is 0 Å². The molecule has 0 radical (unpaired) electrons. The molecule has 2 heterocycles. The molecule has 0 aliphatic carbocycles. The van der Waals surface area contributed by atoms with Crippen LogP contribution < -0.4 is 10.6 Å². The van der Waals surface area contributed by atoms with Gasteiger partial charge < -0.3 is 10.6 Å². The summed E-state index contributed by atoms with van der Waals surface area (Å²) in [5.74, 6) is -0.0377. The third-order valence-electron chi connectivity index (χ3n) is 3.34. The molecule has 98 valence electrons. The zero-order chi connectivity index (χ0) is 13.2. The Morgan fingerprint density at radius 3 is 3.21 bits per heavy atom. The van der Waals surface area contributed by atoms with Gasteiger partial charge in [-0.15, -0.1) is 11.3 Å². The van der Waals surface area contributed by atoms with E-state index < -0.39 is 0 Å². The maximum Gasteiger partial charge on any atom is 0.251 e. The van der Waals surface area contributed by atoms with Crippen LogP contribution in [0.25, 0.3) is 0 Å². The lowest BCUT2D eigenvalue weighted by atomic mass is 10.1. The summed E-state index contributed by atoms with van der Waals surface area (Å²) in [6.45, 7) is 3.46. The van der Waals surface area contributed by atoms with Gasteiger partial charge in [0.15, 0.2) is 0 Å². The molecule has 0 spiro atoms. The molecule has 4 nitrogen and oxygen atoms in total. The van der Waals surface area contributed by atoms with Gasteiger partial charge in [-0.25, -0.2) is 4.98 Å². The second-order valence-electron chi connectivity index (χ2n) is 4.59. The van der Waals surface area contributed by atoms with E-state index in [0.717, 1.165) is 29.2 Å². The number of anilines is 1. The van der Waals surface area contributed by atoms with Gasteiger partial charge in [0.05, 0.1) is 17.7 Å². The number of rotatable bonds is 3. The van der Waals surface area contributed by atoms with Crippen LogP contribution in [-0.4, -0.2) is 17.4 Å². The van der Waals surface area contributed by atoms with Gasteiger partial charge in [-0.05, 0) is 31.0 Å². The van der Waals surface area contributed by atoms with Gasteiger partial charge in [0.2, 0.25) is 0 Å². The molecule has 0 atom stereocenters. The van der Waals surface area contributed by atoms with Crippen molar-refractivity contribution in [3.8, 4) is 0 Å². The van der Waals surface area contributed by atoms with E-state index in [1.54, 1.807) is 16.8 Å². The summed E-state index contributed by atoms with van der Waals surface area (Å²) in [5.41, 5.74) is 5.86. The number of fused-ring (bicyclic) bond motifs is 1. The summed E-state index contributed by atoms with van der Waals surface area (Å²) in [6.07, 6.45) is 1.04. The van der Waals surface area contributed by atoms with Gasteiger partial charge in [0, 0.05) is 22.7 Å². The van der Waals surface area contributed by atoms with Crippen molar-refractivity contribution in [2.24, 2.45) is 0 Å². The Labute approximate surface area is 115 Å². The minimum absolute atomic E-state index is 0.0377. The number of thiazole rings is 1. The summed E-state index contributed by atoms with van der Waals surface area (Å²) in [7, 11) is 0. The zero-order valence-electron chi connectivity index (χ0n) is 10.7. The van der Waals surface area contributed by atoms with Gasteiger partial charge in [-0.2, -0.15) is 0 Å². The first kappa shape index (κ1) is 12.2. The topological polar surface area (TPSA) is 54.0 Å². The molecular weight excluding hydrogens is 258 g/mol. The average Bonchev–Trinajstić information content (AvgIpc) is 3.03. The van der Waals surface area contributed by atoms with E-state index in [4.69, 9.17) is 0 Å². The molecule has 2 N–H and O–H groups in total. The number of hydrogen-bond acceptors (Lipinski definition) is 4. The molecule has 1 aliphatic rings. The highest BCUT2D eigenvalue weighted by atomic mass is 32.1. The first-order valence-electron chi connectivity index (χ1n) is 6.28. The molecule has 0 saturated carbocycles. The van der Waals surface area contributed by atoms with Crippen LogP contribution in [0.15, 0.2) is 23.7 Å². The van der Waals surface area contributed by atoms with Gasteiger partial charge in [0.25, 0.3) is 5.91 Å². The number of carbonyl (C=O) groups excluding carboxylic acids is 1. The predicted octanol–water partition coefficient (Wildman–Crippen LogP) is 2.35. The fourth-order valence-electron chi connectivity index (χ4n) is 2.19. The Hall–Kier alpha value is -1.88. The number of nitrogens with one attached hydrogen (secondary N) is 2. The summed E-state index contributed by atoms with van der Waals surface area (Å²) in [4.78, 5) is 17.4. The fraction of sp³-hybridized carbons (Fsp3) is 0.286. The van der Waals surface area contributed by atoms with E-state index in [1.165, 1.54) is 5.56 Å². The number of hydrogen-bond donors (Lipinski definition) is 2. The zero-order valence-corrected chi connectivity index (χ0v) is 11.5. The Bertz CT molecular complexity index is 621. The van der Waals surface area contributed by atoms with E-state index in [1.807, 2.05) is 25.1 Å². The minimum atomic E-state index is -0.0377. The first-order valence-corrected chi connectivity index (χ1v) is 7.16. The van der Waals surface area contributed by atoms with Crippen molar-refractivity contribution in [1.29, 1.82) is 0 Å². The SMILES string of the molecule is Cc1ncsc1CNC(=O)c1ccc2c(c1)NCC2. The highest BCUT2D eigenvalue weighted by molar-refractivity contribution is 7.09. The normalized spacial score (nSPS) is 12.9. The molecule has 0 bridgehead atoms. The summed E-state index contributed by atoms with van der Waals surface area (Å²) in [6, 6.07) is 5.85. The molecule has 3 rings (SSSR count). The van der Waals surface area contributed by atoms with Crippen LogP contribution in [0.2, 0.25) is 0 Å². The molecule has 2 aromatic rings. The highest BCUT2D eigenvalue weighted by Gasteiger charge is 2.13. The standard InChI is InChI=1S/C14H15N3OS/c1-9-13(19-8-17-9)7-16-14(18)11-3-2-10-4-5-15-12(10)6-11/h2-3,6,8,15H,4-5,7H2,1H3,(H,16,18). The molecule has 19 heavy (non-hydrogen) atoms. The molecule has 1 aromatic heterocycles. The van der Waals surface area contributed by atoms with Crippen LogP contribution in [0.3, 0.4) is 0 Å². The Balaban J connectivity index is 1.69. The number of aromatic nitrogens is 1. The van der Waals surface area contributed by atoms with E-state index in [2.05, 4.69) is 15.6 Å². The number of nitrogens with zero attached hydrogens (tertiary/aromatic N) is 1. The Morgan fingerprint density at radius 1 is 1.53 bits per heavy atom. The first-order chi connectivity index (χ1) is 9.24. The van der Waals surface area contributed by atoms with Gasteiger partial charge >= 0.3 is 0 Å². The van der Waals surface area contributed by atoms with Gasteiger partial charge in [-0.3, -0.25) is 4.79 Å². The largest absolute Gasteiger partial charge is 0.384 e. The smallest absolute Gasteiger partial charge is 0.251 e. The third-order valence-corrected chi connectivity index (χ3v) is 4.27. The average molecular weight is 273 g/mol. The molecular formula is C14H15N3OS.